The molecule has 0 unspecified atom stereocenters. The monoisotopic (exact) mass is 299 g/mol. The number of rotatable bonds is 3. The Labute approximate surface area is 131 Å². The van der Waals surface area contributed by atoms with Crippen LogP contribution in [-0.2, 0) is 15.9 Å². The number of benzene rings is 1. The van der Waals surface area contributed by atoms with E-state index in [1.807, 2.05) is 12.1 Å². The van der Waals surface area contributed by atoms with Crippen LogP contribution in [0.2, 0.25) is 0 Å². The lowest BCUT2D eigenvalue weighted by Gasteiger charge is -2.27. The number of hydrogen-bond acceptors (Lipinski definition) is 5. The summed E-state index contributed by atoms with van der Waals surface area (Å²) in [5.41, 5.74) is 1.73. The van der Waals surface area contributed by atoms with Crippen LogP contribution in [0, 0.1) is 17.2 Å². The maximum absolute atomic E-state index is 8.85. The van der Waals surface area contributed by atoms with Gasteiger partial charge in [-0.3, -0.25) is 0 Å². The molecule has 1 aromatic carbocycles. The van der Waals surface area contributed by atoms with Crippen LogP contribution >= 0.6 is 0 Å². The highest BCUT2D eigenvalue weighted by atomic mass is 16.5. The number of methoxy groups -OCH3 is 2. The van der Waals surface area contributed by atoms with Gasteiger partial charge in [-0.05, 0) is 23.6 Å². The molecule has 0 saturated heterocycles. The van der Waals surface area contributed by atoms with Crippen molar-refractivity contribution in [2.45, 2.75) is 32.4 Å². The van der Waals surface area contributed by atoms with Gasteiger partial charge < -0.3 is 9.47 Å². The van der Waals surface area contributed by atoms with Crippen LogP contribution in [0.25, 0.3) is 0 Å². The van der Waals surface area contributed by atoms with Crippen LogP contribution in [-0.4, -0.2) is 38.1 Å². The van der Waals surface area contributed by atoms with Gasteiger partial charge in [0.1, 0.15) is 12.1 Å². The number of aliphatic imine (C=N–C) groups is 2. The minimum atomic E-state index is -0.192. The SMILES string of the molecule is COC1=N[C@H](Cc2ccc(C#N)cc2)C(OC)=N[C@H]1C(C)C. The van der Waals surface area contributed by atoms with E-state index in [1.54, 1.807) is 26.4 Å². The van der Waals surface area contributed by atoms with Gasteiger partial charge in [-0.25, -0.2) is 9.98 Å². The summed E-state index contributed by atoms with van der Waals surface area (Å²) in [4.78, 5) is 9.32. The van der Waals surface area contributed by atoms with Crippen molar-refractivity contribution in [2.75, 3.05) is 14.2 Å². The van der Waals surface area contributed by atoms with E-state index in [2.05, 4.69) is 29.9 Å². The third kappa shape index (κ3) is 3.45. The van der Waals surface area contributed by atoms with E-state index in [9.17, 15) is 0 Å². The largest absolute Gasteiger partial charge is 0.483 e. The molecule has 0 amide bonds. The molecule has 0 aliphatic carbocycles. The van der Waals surface area contributed by atoms with Crippen LogP contribution < -0.4 is 0 Å². The van der Waals surface area contributed by atoms with E-state index in [1.165, 1.54) is 0 Å². The molecule has 1 aliphatic rings. The van der Waals surface area contributed by atoms with Crippen molar-refractivity contribution in [3.05, 3.63) is 35.4 Å². The molecule has 2 atom stereocenters. The molecule has 0 radical (unpaired) electrons. The first-order valence-corrected chi connectivity index (χ1v) is 7.31. The first-order valence-electron chi connectivity index (χ1n) is 7.31. The zero-order valence-electron chi connectivity index (χ0n) is 13.4. The Morgan fingerprint density at radius 1 is 1.09 bits per heavy atom. The minimum Gasteiger partial charge on any atom is -0.483 e. The lowest BCUT2D eigenvalue weighted by Crippen LogP contribution is -2.38. The Morgan fingerprint density at radius 3 is 2.23 bits per heavy atom. The Morgan fingerprint density at radius 2 is 1.73 bits per heavy atom. The van der Waals surface area contributed by atoms with Crippen molar-refractivity contribution < 1.29 is 9.47 Å². The quantitative estimate of drug-likeness (QED) is 0.861. The molecule has 1 heterocycles. The van der Waals surface area contributed by atoms with Gasteiger partial charge in [0.15, 0.2) is 0 Å². The van der Waals surface area contributed by atoms with E-state index in [0.717, 1.165) is 5.56 Å². The van der Waals surface area contributed by atoms with E-state index >= 15 is 0 Å². The average molecular weight is 299 g/mol. The maximum Gasteiger partial charge on any atom is 0.209 e. The second-order valence-corrected chi connectivity index (χ2v) is 5.56. The summed E-state index contributed by atoms with van der Waals surface area (Å²) in [6.45, 7) is 4.16. The second kappa shape index (κ2) is 7.08. The van der Waals surface area contributed by atoms with Crippen molar-refractivity contribution in [2.24, 2.45) is 15.9 Å². The molecule has 5 nitrogen and oxygen atoms in total. The Hall–Kier alpha value is -2.35. The Kier molecular flexibility index (Phi) is 5.16. The van der Waals surface area contributed by atoms with Gasteiger partial charge in [-0.15, -0.1) is 0 Å². The van der Waals surface area contributed by atoms with Gasteiger partial charge in [0.2, 0.25) is 11.8 Å². The van der Waals surface area contributed by atoms with Gasteiger partial charge in [-0.1, -0.05) is 26.0 Å². The topological polar surface area (TPSA) is 67.0 Å². The van der Waals surface area contributed by atoms with E-state index in [4.69, 9.17) is 14.7 Å². The number of hydrogen-bond donors (Lipinski definition) is 0. The van der Waals surface area contributed by atoms with Crippen molar-refractivity contribution >= 4 is 11.8 Å². The number of nitriles is 1. The summed E-state index contributed by atoms with van der Waals surface area (Å²) in [5, 5.41) is 8.85. The van der Waals surface area contributed by atoms with Crippen LogP contribution in [0.5, 0.6) is 0 Å². The van der Waals surface area contributed by atoms with Crippen LogP contribution in [0.1, 0.15) is 25.0 Å². The average Bonchev–Trinajstić information content (AvgIpc) is 2.54. The summed E-state index contributed by atoms with van der Waals surface area (Å²) < 4.78 is 10.8. The molecular formula is C17H21N3O2. The molecular weight excluding hydrogens is 278 g/mol. The van der Waals surface area contributed by atoms with Gasteiger partial charge in [0, 0.05) is 6.42 Å². The Bertz CT molecular complexity index is 612. The molecule has 22 heavy (non-hydrogen) atoms. The smallest absolute Gasteiger partial charge is 0.209 e. The van der Waals surface area contributed by atoms with Crippen molar-refractivity contribution in [3.63, 3.8) is 0 Å². The molecule has 116 valence electrons. The fourth-order valence-corrected chi connectivity index (χ4v) is 2.43. The van der Waals surface area contributed by atoms with E-state index in [-0.39, 0.29) is 12.1 Å². The molecule has 0 saturated carbocycles. The van der Waals surface area contributed by atoms with Crippen molar-refractivity contribution in [1.82, 2.24) is 0 Å². The first kappa shape index (κ1) is 16.0. The molecule has 5 heteroatoms. The standard InChI is InChI=1S/C17H21N3O2/c1-11(2)15-17(22-4)19-14(16(20-15)21-3)9-12-5-7-13(10-18)8-6-12/h5-8,11,14-15H,9H2,1-4H3/t14-,15+/m1/s1. The van der Waals surface area contributed by atoms with Gasteiger partial charge in [-0.2, -0.15) is 5.26 Å². The summed E-state index contributed by atoms with van der Waals surface area (Å²) in [6, 6.07) is 9.30. The molecule has 0 aromatic heterocycles. The highest BCUT2D eigenvalue weighted by Crippen LogP contribution is 2.20. The Balaban J connectivity index is 2.23. The lowest BCUT2D eigenvalue weighted by atomic mass is 10.00. The molecule has 2 rings (SSSR count). The zero-order valence-corrected chi connectivity index (χ0v) is 13.4. The summed E-state index contributed by atoms with van der Waals surface area (Å²) in [6.07, 6.45) is 0.663. The third-order valence-electron chi connectivity index (χ3n) is 3.65. The maximum atomic E-state index is 8.85. The van der Waals surface area contributed by atoms with Crippen molar-refractivity contribution in [1.29, 1.82) is 5.26 Å². The molecule has 0 N–H and O–H groups in total. The summed E-state index contributed by atoms with van der Waals surface area (Å²) in [7, 11) is 3.25. The second-order valence-electron chi connectivity index (χ2n) is 5.56. The summed E-state index contributed by atoms with van der Waals surface area (Å²) in [5.74, 6) is 1.57. The number of nitrogens with zero attached hydrogens (tertiary/aromatic N) is 3. The third-order valence-corrected chi connectivity index (χ3v) is 3.65. The number of ether oxygens (including phenoxy) is 2. The predicted octanol–water partition coefficient (Wildman–Crippen LogP) is 2.60. The van der Waals surface area contributed by atoms with Crippen molar-refractivity contribution in [3.8, 4) is 6.07 Å². The molecule has 0 bridgehead atoms. The molecule has 0 spiro atoms. The lowest BCUT2D eigenvalue weighted by molar-refractivity contribution is 0.332. The summed E-state index contributed by atoms with van der Waals surface area (Å²) >= 11 is 0. The van der Waals surface area contributed by atoms with Gasteiger partial charge in [0.25, 0.3) is 0 Å². The molecule has 1 aromatic rings. The molecule has 0 fully saturated rings. The van der Waals surface area contributed by atoms with Gasteiger partial charge >= 0.3 is 0 Å². The van der Waals surface area contributed by atoms with E-state index < -0.39 is 0 Å². The highest BCUT2D eigenvalue weighted by molar-refractivity contribution is 5.94. The molecule has 1 aliphatic heterocycles. The van der Waals surface area contributed by atoms with Crippen LogP contribution in [0.4, 0.5) is 0 Å². The van der Waals surface area contributed by atoms with Crippen LogP contribution in [0.15, 0.2) is 34.3 Å². The predicted molar refractivity (Wildman–Crippen MR) is 86.2 cm³/mol. The normalized spacial score (nSPS) is 20.9. The van der Waals surface area contributed by atoms with Crippen LogP contribution in [0.3, 0.4) is 0 Å². The van der Waals surface area contributed by atoms with Gasteiger partial charge in [0.05, 0.1) is 25.9 Å². The highest BCUT2D eigenvalue weighted by Gasteiger charge is 2.30. The zero-order chi connectivity index (χ0) is 16.1. The van der Waals surface area contributed by atoms with E-state index in [0.29, 0.717) is 29.7 Å². The first-order chi connectivity index (χ1) is 10.6. The minimum absolute atomic E-state index is 0.0998. The fraction of sp³-hybridized carbons (Fsp3) is 0.471. The fourth-order valence-electron chi connectivity index (χ4n) is 2.43.